The third-order valence-corrected chi connectivity index (χ3v) is 5.47. The maximum absolute atomic E-state index is 12.6. The standard InChI is InChI=1S/C21H18N4O4S/c1-2-29-20(27)19-15(12-16(30-19)14-8-4-3-5-9-14)22-18(26)13-25-21(28)24-11-7-6-10-17(24)23-25/h3-12H,2,13H2,1H3,(H,22,26). The van der Waals surface area contributed by atoms with Gasteiger partial charge in [-0.25, -0.2) is 14.3 Å². The zero-order valence-electron chi connectivity index (χ0n) is 16.1. The van der Waals surface area contributed by atoms with Gasteiger partial charge in [-0.3, -0.25) is 9.20 Å². The molecule has 1 aromatic carbocycles. The van der Waals surface area contributed by atoms with Crippen LogP contribution in [-0.2, 0) is 16.1 Å². The van der Waals surface area contributed by atoms with Gasteiger partial charge in [-0.2, -0.15) is 0 Å². The van der Waals surface area contributed by atoms with Gasteiger partial charge in [0.15, 0.2) is 5.65 Å². The molecule has 1 N–H and O–H groups in total. The van der Waals surface area contributed by atoms with Crippen molar-refractivity contribution in [1.82, 2.24) is 14.2 Å². The van der Waals surface area contributed by atoms with Gasteiger partial charge in [-0.1, -0.05) is 36.4 Å². The van der Waals surface area contributed by atoms with Crippen molar-refractivity contribution in [2.24, 2.45) is 0 Å². The third kappa shape index (κ3) is 3.87. The van der Waals surface area contributed by atoms with Crippen LogP contribution < -0.4 is 11.0 Å². The number of thiophene rings is 1. The quantitative estimate of drug-likeness (QED) is 0.482. The molecule has 3 heterocycles. The molecule has 8 nitrogen and oxygen atoms in total. The maximum atomic E-state index is 12.6. The number of carbonyl (C=O) groups is 2. The van der Waals surface area contributed by atoms with Crippen LogP contribution in [0, 0.1) is 0 Å². The van der Waals surface area contributed by atoms with E-state index in [0.717, 1.165) is 15.1 Å². The Balaban J connectivity index is 1.61. The van der Waals surface area contributed by atoms with E-state index in [1.54, 1.807) is 37.4 Å². The lowest BCUT2D eigenvalue weighted by Crippen LogP contribution is -2.28. The zero-order chi connectivity index (χ0) is 21.1. The number of aromatic nitrogens is 3. The van der Waals surface area contributed by atoms with Crippen molar-refractivity contribution in [3.8, 4) is 10.4 Å². The first-order valence-corrected chi connectivity index (χ1v) is 10.1. The topological polar surface area (TPSA) is 94.7 Å². The Labute approximate surface area is 175 Å². The SMILES string of the molecule is CCOC(=O)c1sc(-c2ccccc2)cc1NC(=O)Cn1nc2ccccn2c1=O. The molecule has 152 valence electrons. The van der Waals surface area contributed by atoms with Crippen LogP contribution in [0.1, 0.15) is 16.6 Å². The highest BCUT2D eigenvalue weighted by Crippen LogP contribution is 2.35. The molecule has 0 bridgehead atoms. The number of amides is 1. The summed E-state index contributed by atoms with van der Waals surface area (Å²) in [5.74, 6) is -0.978. The summed E-state index contributed by atoms with van der Waals surface area (Å²) in [4.78, 5) is 38.5. The Kier molecular flexibility index (Phi) is 5.44. The van der Waals surface area contributed by atoms with E-state index in [0.29, 0.717) is 16.2 Å². The third-order valence-electron chi connectivity index (χ3n) is 4.31. The first-order valence-electron chi connectivity index (χ1n) is 9.27. The van der Waals surface area contributed by atoms with Crippen LogP contribution in [0.25, 0.3) is 16.1 Å². The molecule has 0 aliphatic carbocycles. The maximum Gasteiger partial charge on any atom is 0.350 e. The number of nitrogens with zero attached hydrogens (tertiary/aromatic N) is 3. The second-order valence-electron chi connectivity index (χ2n) is 6.36. The highest BCUT2D eigenvalue weighted by molar-refractivity contribution is 7.18. The first kappa shape index (κ1) is 19.6. The van der Waals surface area contributed by atoms with Gasteiger partial charge >= 0.3 is 11.7 Å². The van der Waals surface area contributed by atoms with Crippen LogP contribution in [0.3, 0.4) is 0 Å². The molecule has 1 amide bonds. The molecular formula is C21H18N4O4S. The largest absolute Gasteiger partial charge is 0.462 e. The van der Waals surface area contributed by atoms with Gasteiger partial charge in [0, 0.05) is 11.1 Å². The van der Waals surface area contributed by atoms with E-state index in [9.17, 15) is 14.4 Å². The van der Waals surface area contributed by atoms with Crippen molar-refractivity contribution < 1.29 is 14.3 Å². The molecule has 0 spiro atoms. The number of fused-ring (bicyclic) bond motifs is 1. The molecule has 0 unspecified atom stereocenters. The molecule has 30 heavy (non-hydrogen) atoms. The number of anilines is 1. The van der Waals surface area contributed by atoms with Crippen molar-refractivity contribution in [2.45, 2.75) is 13.5 Å². The molecule has 0 radical (unpaired) electrons. The van der Waals surface area contributed by atoms with Gasteiger partial charge in [0.1, 0.15) is 11.4 Å². The fourth-order valence-corrected chi connectivity index (χ4v) is 3.99. The lowest BCUT2D eigenvalue weighted by molar-refractivity contribution is -0.117. The normalized spacial score (nSPS) is 10.8. The summed E-state index contributed by atoms with van der Waals surface area (Å²) < 4.78 is 7.57. The number of hydrogen-bond acceptors (Lipinski definition) is 6. The molecule has 9 heteroatoms. The van der Waals surface area contributed by atoms with Gasteiger partial charge in [-0.05, 0) is 30.7 Å². The zero-order valence-corrected chi connectivity index (χ0v) is 16.9. The summed E-state index contributed by atoms with van der Waals surface area (Å²) >= 11 is 1.24. The van der Waals surface area contributed by atoms with E-state index in [4.69, 9.17) is 4.74 Å². The van der Waals surface area contributed by atoms with E-state index in [2.05, 4.69) is 10.4 Å². The van der Waals surface area contributed by atoms with Crippen molar-refractivity contribution in [1.29, 1.82) is 0 Å². The Morgan fingerprint density at radius 2 is 1.90 bits per heavy atom. The molecule has 4 rings (SSSR count). The number of hydrogen-bond donors (Lipinski definition) is 1. The summed E-state index contributed by atoms with van der Waals surface area (Å²) in [6.45, 7) is 1.67. The molecular weight excluding hydrogens is 404 g/mol. The fourth-order valence-electron chi connectivity index (χ4n) is 2.97. The Morgan fingerprint density at radius 1 is 1.13 bits per heavy atom. The number of pyridine rings is 1. The predicted octanol–water partition coefficient (Wildman–Crippen LogP) is 3.04. The number of rotatable bonds is 6. The molecule has 0 saturated heterocycles. The Morgan fingerprint density at radius 3 is 2.63 bits per heavy atom. The molecule has 0 aliphatic rings. The van der Waals surface area contributed by atoms with Gasteiger partial charge < -0.3 is 10.1 Å². The molecule has 0 aliphatic heterocycles. The highest BCUT2D eigenvalue weighted by Gasteiger charge is 2.20. The van der Waals surface area contributed by atoms with Gasteiger partial charge in [0.05, 0.1) is 12.3 Å². The smallest absolute Gasteiger partial charge is 0.350 e. The highest BCUT2D eigenvalue weighted by atomic mass is 32.1. The van der Waals surface area contributed by atoms with Crippen LogP contribution in [0.2, 0.25) is 0 Å². The second-order valence-corrected chi connectivity index (χ2v) is 7.41. The van der Waals surface area contributed by atoms with E-state index in [1.165, 1.54) is 15.7 Å². The molecule has 4 aromatic rings. The van der Waals surface area contributed by atoms with Gasteiger partial charge in [0.25, 0.3) is 0 Å². The summed E-state index contributed by atoms with van der Waals surface area (Å²) in [6, 6.07) is 16.4. The van der Waals surface area contributed by atoms with Crippen LogP contribution in [0.4, 0.5) is 5.69 Å². The number of ether oxygens (including phenoxy) is 1. The average molecular weight is 422 g/mol. The number of nitrogens with one attached hydrogen (secondary N) is 1. The summed E-state index contributed by atoms with van der Waals surface area (Å²) in [6.07, 6.45) is 1.59. The molecule has 0 saturated carbocycles. The van der Waals surface area contributed by atoms with Crippen LogP contribution in [0.5, 0.6) is 0 Å². The van der Waals surface area contributed by atoms with Crippen molar-refractivity contribution in [2.75, 3.05) is 11.9 Å². The van der Waals surface area contributed by atoms with Crippen molar-refractivity contribution in [3.63, 3.8) is 0 Å². The number of esters is 1. The van der Waals surface area contributed by atoms with E-state index in [-0.39, 0.29) is 13.2 Å². The van der Waals surface area contributed by atoms with Gasteiger partial charge in [-0.15, -0.1) is 16.4 Å². The lowest BCUT2D eigenvalue weighted by atomic mass is 10.2. The summed E-state index contributed by atoms with van der Waals surface area (Å²) in [5.41, 5.74) is 1.30. The van der Waals surface area contributed by atoms with Crippen molar-refractivity contribution in [3.05, 3.63) is 76.2 Å². The fraction of sp³-hybridized carbons (Fsp3) is 0.143. The number of benzene rings is 1. The van der Waals surface area contributed by atoms with Crippen LogP contribution in [-0.4, -0.2) is 32.7 Å². The Bertz CT molecular complexity index is 1270. The molecule has 3 aromatic heterocycles. The van der Waals surface area contributed by atoms with E-state index >= 15 is 0 Å². The van der Waals surface area contributed by atoms with Crippen LogP contribution >= 0.6 is 11.3 Å². The second kappa shape index (κ2) is 8.34. The lowest BCUT2D eigenvalue weighted by Gasteiger charge is -2.05. The average Bonchev–Trinajstić information content (AvgIpc) is 3.31. The predicted molar refractivity (Wildman–Crippen MR) is 114 cm³/mol. The van der Waals surface area contributed by atoms with E-state index in [1.807, 2.05) is 30.3 Å². The minimum absolute atomic E-state index is 0.224. The molecule has 0 fully saturated rings. The minimum atomic E-state index is -0.509. The first-order chi connectivity index (χ1) is 14.6. The van der Waals surface area contributed by atoms with Gasteiger partial charge in [0.2, 0.25) is 5.91 Å². The summed E-state index contributed by atoms with van der Waals surface area (Å²) in [7, 11) is 0. The monoisotopic (exact) mass is 422 g/mol. The van der Waals surface area contributed by atoms with Crippen LogP contribution in [0.15, 0.2) is 65.6 Å². The Hall–Kier alpha value is -3.72. The van der Waals surface area contributed by atoms with E-state index < -0.39 is 17.6 Å². The summed E-state index contributed by atoms with van der Waals surface area (Å²) in [5, 5.41) is 6.87. The number of carbonyl (C=O) groups excluding carboxylic acids is 2. The minimum Gasteiger partial charge on any atom is -0.462 e. The van der Waals surface area contributed by atoms with Crippen molar-refractivity contribution >= 4 is 34.5 Å². The molecule has 0 atom stereocenters.